The van der Waals surface area contributed by atoms with Gasteiger partial charge in [-0.25, -0.2) is 0 Å². The maximum Gasteiger partial charge on any atom is 0.163 e. The van der Waals surface area contributed by atoms with E-state index in [1.54, 1.807) is 0 Å². The molecule has 0 radical (unpaired) electrons. The summed E-state index contributed by atoms with van der Waals surface area (Å²) in [7, 11) is 0. The molecule has 0 spiro atoms. The summed E-state index contributed by atoms with van der Waals surface area (Å²) in [6.07, 6.45) is 4.42. The van der Waals surface area contributed by atoms with E-state index in [0.29, 0.717) is 12.2 Å². The van der Waals surface area contributed by atoms with Crippen molar-refractivity contribution in [2.24, 2.45) is 5.92 Å². The Morgan fingerprint density at radius 1 is 1.06 bits per heavy atom. The van der Waals surface area contributed by atoms with Crippen LogP contribution in [0.25, 0.3) is 10.8 Å². The number of ketones is 1. The van der Waals surface area contributed by atoms with E-state index in [1.807, 2.05) is 30.3 Å². The summed E-state index contributed by atoms with van der Waals surface area (Å²) in [5.74, 6) is 1.13. The quantitative estimate of drug-likeness (QED) is 0.711. The number of benzene rings is 2. The summed E-state index contributed by atoms with van der Waals surface area (Å²) in [5, 5.41) is 2.25. The third kappa shape index (κ3) is 2.23. The fourth-order valence-electron chi connectivity index (χ4n) is 2.34. The summed E-state index contributed by atoms with van der Waals surface area (Å²) < 4.78 is 0. The van der Waals surface area contributed by atoms with Crippen LogP contribution in [0.2, 0.25) is 0 Å². The Kier molecular flexibility index (Phi) is 2.68. The minimum atomic E-state index is 0.300. The molecule has 0 heterocycles. The number of fused-ring (bicyclic) bond motifs is 1. The fourth-order valence-corrected chi connectivity index (χ4v) is 2.34. The van der Waals surface area contributed by atoms with Gasteiger partial charge in [0.05, 0.1) is 0 Å². The summed E-state index contributed by atoms with van der Waals surface area (Å²) in [5.41, 5.74) is 0.892. The van der Waals surface area contributed by atoms with Gasteiger partial charge in [-0.05, 0) is 23.1 Å². The first-order valence-corrected chi connectivity index (χ1v) is 6.35. The standard InChI is InChI=1S/C16H16O/c17-16(11-10-12-8-9-12)15-7-3-5-13-4-1-2-6-14(13)15/h1-7,12H,8-11H2. The van der Waals surface area contributed by atoms with Crippen molar-refractivity contribution in [2.45, 2.75) is 25.7 Å². The van der Waals surface area contributed by atoms with E-state index >= 15 is 0 Å². The Morgan fingerprint density at radius 3 is 2.65 bits per heavy atom. The predicted molar refractivity (Wildman–Crippen MR) is 70.2 cm³/mol. The molecule has 0 aromatic heterocycles. The lowest BCUT2D eigenvalue weighted by molar-refractivity contribution is 0.0979. The number of carbonyl (C=O) groups excluding carboxylic acids is 1. The van der Waals surface area contributed by atoms with Gasteiger partial charge >= 0.3 is 0 Å². The number of hydrogen-bond acceptors (Lipinski definition) is 1. The van der Waals surface area contributed by atoms with Gasteiger partial charge in [0.1, 0.15) is 0 Å². The van der Waals surface area contributed by atoms with Gasteiger partial charge in [0.15, 0.2) is 5.78 Å². The van der Waals surface area contributed by atoms with Crippen molar-refractivity contribution in [2.75, 3.05) is 0 Å². The Balaban J connectivity index is 1.89. The summed E-state index contributed by atoms with van der Waals surface area (Å²) >= 11 is 0. The third-order valence-electron chi connectivity index (χ3n) is 3.57. The van der Waals surface area contributed by atoms with Gasteiger partial charge in [-0.2, -0.15) is 0 Å². The molecule has 1 aliphatic rings. The molecular formula is C16H16O. The molecule has 1 saturated carbocycles. The van der Waals surface area contributed by atoms with Gasteiger partial charge < -0.3 is 0 Å². The van der Waals surface area contributed by atoms with Gasteiger partial charge in [-0.15, -0.1) is 0 Å². The third-order valence-corrected chi connectivity index (χ3v) is 3.57. The van der Waals surface area contributed by atoms with Gasteiger partial charge in [-0.3, -0.25) is 4.79 Å². The van der Waals surface area contributed by atoms with Gasteiger partial charge in [0.2, 0.25) is 0 Å². The van der Waals surface area contributed by atoms with E-state index in [9.17, 15) is 4.79 Å². The second kappa shape index (κ2) is 4.33. The monoisotopic (exact) mass is 224 g/mol. The molecule has 0 aliphatic heterocycles. The molecule has 2 aromatic rings. The molecule has 0 N–H and O–H groups in total. The zero-order valence-electron chi connectivity index (χ0n) is 9.86. The van der Waals surface area contributed by atoms with Crippen LogP contribution in [0.4, 0.5) is 0 Å². The van der Waals surface area contributed by atoms with E-state index in [0.717, 1.165) is 28.7 Å². The van der Waals surface area contributed by atoms with Crippen LogP contribution in [0.1, 0.15) is 36.0 Å². The number of hydrogen-bond donors (Lipinski definition) is 0. The second-order valence-electron chi connectivity index (χ2n) is 4.93. The second-order valence-corrected chi connectivity index (χ2v) is 4.93. The van der Waals surface area contributed by atoms with Crippen molar-refractivity contribution in [1.82, 2.24) is 0 Å². The average molecular weight is 224 g/mol. The smallest absolute Gasteiger partial charge is 0.163 e. The van der Waals surface area contributed by atoms with Crippen LogP contribution in [0.3, 0.4) is 0 Å². The molecule has 0 unspecified atom stereocenters. The first kappa shape index (κ1) is 10.5. The van der Waals surface area contributed by atoms with Crippen molar-refractivity contribution in [3.63, 3.8) is 0 Å². The van der Waals surface area contributed by atoms with Crippen molar-refractivity contribution >= 4 is 16.6 Å². The molecule has 0 atom stereocenters. The Bertz CT molecular complexity index is 547. The van der Waals surface area contributed by atoms with Gasteiger partial charge in [-0.1, -0.05) is 55.3 Å². The highest BCUT2D eigenvalue weighted by atomic mass is 16.1. The Morgan fingerprint density at radius 2 is 1.82 bits per heavy atom. The fraction of sp³-hybridized carbons (Fsp3) is 0.312. The molecule has 1 fully saturated rings. The van der Waals surface area contributed by atoms with Crippen molar-refractivity contribution in [3.05, 3.63) is 48.0 Å². The molecule has 1 heteroatoms. The lowest BCUT2D eigenvalue weighted by Crippen LogP contribution is -2.00. The highest BCUT2D eigenvalue weighted by Crippen LogP contribution is 2.34. The molecule has 1 nitrogen and oxygen atoms in total. The minimum Gasteiger partial charge on any atom is -0.294 e. The highest BCUT2D eigenvalue weighted by Gasteiger charge is 2.22. The summed E-state index contributed by atoms with van der Waals surface area (Å²) in [6.45, 7) is 0. The molecule has 0 saturated heterocycles. The van der Waals surface area contributed by atoms with E-state index < -0.39 is 0 Å². The molecule has 2 aromatic carbocycles. The zero-order valence-corrected chi connectivity index (χ0v) is 9.86. The van der Waals surface area contributed by atoms with E-state index in [-0.39, 0.29) is 0 Å². The summed E-state index contributed by atoms with van der Waals surface area (Å²) in [4.78, 5) is 12.2. The van der Waals surface area contributed by atoms with Gasteiger partial charge in [0.25, 0.3) is 0 Å². The van der Waals surface area contributed by atoms with Gasteiger partial charge in [0, 0.05) is 12.0 Å². The SMILES string of the molecule is O=C(CCC1CC1)c1cccc2ccccc12. The van der Waals surface area contributed by atoms with Crippen LogP contribution in [0, 0.1) is 5.92 Å². The van der Waals surface area contributed by atoms with E-state index in [1.165, 1.54) is 12.8 Å². The van der Waals surface area contributed by atoms with Crippen molar-refractivity contribution in [1.29, 1.82) is 0 Å². The molecule has 17 heavy (non-hydrogen) atoms. The van der Waals surface area contributed by atoms with Crippen LogP contribution in [0.15, 0.2) is 42.5 Å². The number of rotatable bonds is 4. The van der Waals surface area contributed by atoms with Crippen LogP contribution in [0.5, 0.6) is 0 Å². The molecule has 0 amide bonds. The Labute approximate surface area is 101 Å². The van der Waals surface area contributed by atoms with E-state index in [4.69, 9.17) is 0 Å². The maximum absolute atomic E-state index is 12.2. The number of carbonyl (C=O) groups is 1. The topological polar surface area (TPSA) is 17.1 Å². The maximum atomic E-state index is 12.2. The molecular weight excluding hydrogens is 208 g/mol. The average Bonchev–Trinajstić information content (AvgIpc) is 3.19. The minimum absolute atomic E-state index is 0.300. The zero-order chi connectivity index (χ0) is 11.7. The van der Waals surface area contributed by atoms with Crippen LogP contribution < -0.4 is 0 Å². The van der Waals surface area contributed by atoms with Crippen LogP contribution in [-0.4, -0.2) is 5.78 Å². The molecule has 0 bridgehead atoms. The van der Waals surface area contributed by atoms with Crippen LogP contribution >= 0.6 is 0 Å². The number of Topliss-reactive ketones (excluding diaryl/α,β-unsaturated/α-hetero) is 1. The molecule has 86 valence electrons. The highest BCUT2D eigenvalue weighted by molar-refractivity contribution is 6.08. The van der Waals surface area contributed by atoms with E-state index in [2.05, 4.69) is 12.1 Å². The lowest BCUT2D eigenvalue weighted by Gasteiger charge is -2.05. The first-order chi connectivity index (χ1) is 8.34. The van der Waals surface area contributed by atoms with Crippen molar-refractivity contribution in [3.8, 4) is 0 Å². The predicted octanol–water partition coefficient (Wildman–Crippen LogP) is 4.21. The largest absolute Gasteiger partial charge is 0.294 e. The molecule has 1 aliphatic carbocycles. The Hall–Kier alpha value is -1.63. The normalized spacial score (nSPS) is 15.1. The summed E-state index contributed by atoms with van der Waals surface area (Å²) in [6, 6.07) is 14.1. The van der Waals surface area contributed by atoms with Crippen LogP contribution in [-0.2, 0) is 0 Å². The molecule has 3 rings (SSSR count). The lowest BCUT2D eigenvalue weighted by atomic mass is 9.98. The first-order valence-electron chi connectivity index (χ1n) is 6.35. The van der Waals surface area contributed by atoms with Crippen molar-refractivity contribution < 1.29 is 4.79 Å².